The van der Waals surface area contributed by atoms with E-state index >= 15 is 0 Å². The van der Waals surface area contributed by atoms with Crippen LogP contribution in [-0.4, -0.2) is 5.71 Å². The highest BCUT2D eigenvalue weighted by Gasteiger charge is 2.24. The molecule has 0 radical (unpaired) electrons. The topological polar surface area (TPSA) is 36.1 Å². The van der Waals surface area contributed by atoms with Crippen molar-refractivity contribution >= 4 is 5.71 Å². The Hall–Kier alpha value is -0.840. The van der Waals surface area contributed by atoms with Gasteiger partial charge in [0, 0.05) is 5.71 Å². The van der Waals surface area contributed by atoms with Crippen LogP contribution in [0.2, 0.25) is 0 Å². The fraction of sp³-hybridized carbons (Fsp3) is 0.667. The molecule has 0 amide bonds. The molecule has 1 aliphatic carbocycles. The minimum Gasteiger partial charge on any atom is -0.183 e. The minimum atomic E-state index is 0.648. The molecule has 8 heavy (non-hydrogen) atoms. The van der Waals surface area contributed by atoms with Crippen LogP contribution in [0.1, 0.15) is 19.8 Å². The maximum absolute atomic E-state index is 8.08. The molecule has 0 aromatic rings. The number of nitrogens with zero attached hydrogens (tertiary/aromatic N) is 2. The lowest BCUT2D eigenvalue weighted by Gasteiger charge is -1.85. The third-order valence-corrected chi connectivity index (χ3v) is 1.39. The molecule has 2 nitrogen and oxygen atoms in total. The van der Waals surface area contributed by atoms with E-state index in [1.165, 1.54) is 12.8 Å². The summed E-state index contributed by atoms with van der Waals surface area (Å²) in [5.41, 5.74) is 1.01. The fourth-order valence-corrected chi connectivity index (χ4v) is 0.671. The molecule has 1 saturated carbocycles. The Morgan fingerprint density at radius 1 is 1.75 bits per heavy atom. The van der Waals surface area contributed by atoms with Crippen LogP contribution in [0.5, 0.6) is 0 Å². The lowest BCUT2D eigenvalue weighted by atomic mass is 10.3. The van der Waals surface area contributed by atoms with Gasteiger partial charge in [0.1, 0.15) is 0 Å². The van der Waals surface area contributed by atoms with Gasteiger partial charge in [0.25, 0.3) is 0 Å². The van der Waals surface area contributed by atoms with E-state index in [0.29, 0.717) is 5.92 Å². The van der Waals surface area contributed by atoms with E-state index in [0.717, 1.165) is 5.71 Å². The standard InChI is InChI=1S/C6H8N2/c1-5(8-4-7)6-2-3-6/h6H,2-3H2,1H3. The predicted molar refractivity (Wildman–Crippen MR) is 31.4 cm³/mol. The minimum absolute atomic E-state index is 0.648. The van der Waals surface area contributed by atoms with Crippen LogP contribution in [0.4, 0.5) is 0 Å². The van der Waals surface area contributed by atoms with Crippen LogP contribution < -0.4 is 0 Å². The Morgan fingerprint density at radius 2 is 2.38 bits per heavy atom. The van der Waals surface area contributed by atoms with Crippen LogP contribution in [0.15, 0.2) is 4.99 Å². The van der Waals surface area contributed by atoms with Gasteiger partial charge >= 0.3 is 0 Å². The highest BCUT2D eigenvalue weighted by molar-refractivity contribution is 5.87. The van der Waals surface area contributed by atoms with Gasteiger partial charge in [0.2, 0.25) is 6.19 Å². The highest BCUT2D eigenvalue weighted by Crippen LogP contribution is 2.30. The first-order valence-corrected chi connectivity index (χ1v) is 2.78. The lowest BCUT2D eigenvalue weighted by molar-refractivity contribution is 1.17. The molecule has 0 N–H and O–H groups in total. The third-order valence-electron chi connectivity index (χ3n) is 1.39. The molecule has 1 fully saturated rings. The van der Waals surface area contributed by atoms with Crippen LogP contribution in [0, 0.1) is 17.4 Å². The summed E-state index contributed by atoms with van der Waals surface area (Å²) in [5.74, 6) is 0.648. The summed E-state index contributed by atoms with van der Waals surface area (Å²) >= 11 is 0. The Labute approximate surface area is 48.8 Å². The summed E-state index contributed by atoms with van der Waals surface area (Å²) in [5, 5.41) is 8.08. The van der Waals surface area contributed by atoms with Crippen molar-refractivity contribution in [2.24, 2.45) is 10.9 Å². The van der Waals surface area contributed by atoms with Crippen molar-refractivity contribution < 1.29 is 0 Å². The highest BCUT2D eigenvalue weighted by atomic mass is 14.7. The Morgan fingerprint density at radius 3 is 2.75 bits per heavy atom. The average molecular weight is 108 g/mol. The monoisotopic (exact) mass is 108 g/mol. The Bertz CT molecular complexity index is 148. The van der Waals surface area contributed by atoms with E-state index < -0.39 is 0 Å². The maximum Gasteiger partial charge on any atom is 0.205 e. The number of hydrogen-bond donors (Lipinski definition) is 0. The van der Waals surface area contributed by atoms with Gasteiger partial charge in [-0.25, -0.2) is 0 Å². The second-order valence-electron chi connectivity index (χ2n) is 2.13. The molecule has 0 unspecified atom stereocenters. The van der Waals surface area contributed by atoms with E-state index in [-0.39, 0.29) is 0 Å². The van der Waals surface area contributed by atoms with Crippen molar-refractivity contribution in [1.82, 2.24) is 0 Å². The zero-order valence-corrected chi connectivity index (χ0v) is 4.89. The molecule has 0 atom stereocenters. The maximum atomic E-state index is 8.08. The number of aliphatic imine (C=N–C) groups is 1. The summed E-state index contributed by atoms with van der Waals surface area (Å²) in [6.07, 6.45) is 4.24. The van der Waals surface area contributed by atoms with Crippen molar-refractivity contribution in [2.45, 2.75) is 19.8 Å². The first kappa shape index (κ1) is 5.30. The number of hydrogen-bond acceptors (Lipinski definition) is 2. The Balaban J connectivity index is 2.45. The van der Waals surface area contributed by atoms with Crippen molar-refractivity contribution in [3.63, 3.8) is 0 Å². The fourth-order valence-electron chi connectivity index (χ4n) is 0.671. The molecule has 1 aliphatic rings. The van der Waals surface area contributed by atoms with E-state index in [4.69, 9.17) is 5.26 Å². The molecule has 1 rings (SSSR count). The second-order valence-corrected chi connectivity index (χ2v) is 2.13. The van der Waals surface area contributed by atoms with Gasteiger partial charge in [-0.1, -0.05) is 0 Å². The zero-order chi connectivity index (χ0) is 5.98. The van der Waals surface area contributed by atoms with Gasteiger partial charge in [-0.2, -0.15) is 10.3 Å². The zero-order valence-electron chi connectivity index (χ0n) is 4.89. The molecular formula is C6H8N2. The normalized spacial score (nSPS) is 20.2. The molecular weight excluding hydrogens is 100 g/mol. The van der Waals surface area contributed by atoms with Crippen LogP contribution in [-0.2, 0) is 0 Å². The van der Waals surface area contributed by atoms with Gasteiger partial charge in [-0.05, 0) is 25.7 Å². The van der Waals surface area contributed by atoms with Crippen molar-refractivity contribution in [1.29, 1.82) is 5.26 Å². The number of rotatable bonds is 1. The summed E-state index contributed by atoms with van der Waals surface area (Å²) in [6.45, 7) is 1.92. The SMILES string of the molecule is CC(=NC#N)C1CC1. The van der Waals surface area contributed by atoms with Gasteiger partial charge < -0.3 is 0 Å². The van der Waals surface area contributed by atoms with E-state index in [2.05, 4.69) is 4.99 Å². The molecule has 42 valence electrons. The quantitative estimate of drug-likeness (QED) is 0.369. The van der Waals surface area contributed by atoms with Gasteiger partial charge in [-0.15, -0.1) is 0 Å². The molecule has 0 aromatic heterocycles. The molecule has 0 saturated heterocycles. The van der Waals surface area contributed by atoms with Crippen LogP contribution in [0.25, 0.3) is 0 Å². The molecule has 0 aliphatic heterocycles. The average Bonchev–Trinajstić information content (AvgIpc) is 2.45. The Kier molecular flexibility index (Phi) is 1.29. The van der Waals surface area contributed by atoms with Gasteiger partial charge in [0.05, 0.1) is 0 Å². The summed E-state index contributed by atoms with van der Waals surface area (Å²) in [6, 6.07) is 0. The van der Waals surface area contributed by atoms with Gasteiger partial charge in [0.15, 0.2) is 0 Å². The third kappa shape index (κ3) is 1.06. The summed E-state index contributed by atoms with van der Waals surface area (Å²) in [7, 11) is 0. The first-order valence-electron chi connectivity index (χ1n) is 2.78. The smallest absolute Gasteiger partial charge is 0.183 e. The lowest BCUT2D eigenvalue weighted by Crippen LogP contribution is -1.90. The van der Waals surface area contributed by atoms with Crippen molar-refractivity contribution in [2.75, 3.05) is 0 Å². The number of nitriles is 1. The van der Waals surface area contributed by atoms with Crippen LogP contribution in [0.3, 0.4) is 0 Å². The molecule has 2 heteroatoms. The second kappa shape index (κ2) is 1.95. The summed E-state index contributed by atoms with van der Waals surface area (Å²) in [4.78, 5) is 3.61. The molecule has 0 spiro atoms. The largest absolute Gasteiger partial charge is 0.205 e. The van der Waals surface area contributed by atoms with E-state index in [1.54, 1.807) is 6.19 Å². The predicted octanol–water partition coefficient (Wildman–Crippen LogP) is 1.34. The van der Waals surface area contributed by atoms with E-state index in [1.807, 2.05) is 6.92 Å². The summed E-state index contributed by atoms with van der Waals surface area (Å²) < 4.78 is 0. The van der Waals surface area contributed by atoms with Crippen molar-refractivity contribution in [3.05, 3.63) is 0 Å². The molecule has 0 aromatic carbocycles. The van der Waals surface area contributed by atoms with Crippen molar-refractivity contribution in [3.8, 4) is 6.19 Å². The molecule has 0 bridgehead atoms. The van der Waals surface area contributed by atoms with E-state index in [9.17, 15) is 0 Å². The molecule has 0 heterocycles. The first-order chi connectivity index (χ1) is 3.84. The van der Waals surface area contributed by atoms with Gasteiger partial charge in [-0.3, -0.25) is 0 Å². The van der Waals surface area contributed by atoms with Crippen LogP contribution >= 0.6 is 0 Å².